The summed E-state index contributed by atoms with van der Waals surface area (Å²) in [5, 5.41) is 8.17. The van der Waals surface area contributed by atoms with Gasteiger partial charge in [-0.05, 0) is 20.0 Å². The number of likely N-dealkylation sites (N-methyl/N-ethyl adjacent to an activating group) is 1. The Hall–Kier alpha value is -1.73. The van der Waals surface area contributed by atoms with E-state index in [1.54, 1.807) is 7.05 Å². The number of halogens is 3. The van der Waals surface area contributed by atoms with Crippen molar-refractivity contribution >= 4 is 24.2 Å². The van der Waals surface area contributed by atoms with Gasteiger partial charge in [-0.15, -0.1) is 12.4 Å². The number of rotatable bonds is 7. The number of amides is 2. The minimum absolute atomic E-state index is 0. The van der Waals surface area contributed by atoms with E-state index in [0.29, 0.717) is 6.54 Å². The molecule has 0 aliphatic rings. The molecule has 0 radical (unpaired) electrons. The summed E-state index contributed by atoms with van der Waals surface area (Å²) >= 11 is 0. The van der Waals surface area contributed by atoms with Crippen LogP contribution in [-0.2, 0) is 9.59 Å². The van der Waals surface area contributed by atoms with Gasteiger partial charge in [0.05, 0.1) is 12.5 Å². The van der Waals surface area contributed by atoms with Crippen LogP contribution in [0.3, 0.4) is 0 Å². The Balaban J connectivity index is 0.00000484. The summed E-state index contributed by atoms with van der Waals surface area (Å²) in [5.74, 6) is -2.24. The molecular weight excluding hydrogens is 328 g/mol. The van der Waals surface area contributed by atoms with Crippen molar-refractivity contribution in [3.8, 4) is 0 Å². The molecule has 5 nitrogen and oxygen atoms in total. The maximum absolute atomic E-state index is 13.8. The highest BCUT2D eigenvalue weighted by Crippen LogP contribution is 2.21. The zero-order valence-electron chi connectivity index (χ0n) is 13.3. The van der Waals surface area contributed by atoms with Crippen molar-refractivity contribution in [1.29, 1.82) is 0 Å². The van der Waals surface area contributed by atoms with Crippen LogP contribution in [0.25, 0.3) is 0 Å². The monoisotopic (exact) mass is 349 g/mol. The molecule has 0 saturated carbocycles. The van der Waals surface area contributed by atoms with Gasteiger partial charge in [-0.25, -0.2) is 8.78 Å². The van der Waals surface area contributed by atoms with Gasteiger partial charge < -0.3 is 16.0 Å². The van der Waals surface area contributed by atoms with Crippen LogP contribution in [0.1, 0.15) is 31.9 Å². The molecular formula is C15H22ClF2N3O2. The highest BCUT2D eigenvalue weighted by molar-refractivity contribution is 5.85. The van der Waals surface area contributed by atoms with Gasteiger partial charge >= 0.3 is 0 Å². The maximum atomic E-state index is 13.8. The van der Waals surface area contributed by atoms with Gasteiger partial charge in [0.15, 0.2) is 0 Å². The van der Waals surface area contributed by atoms with E-state index < -0.39 is 23.6 Å². The van der Waals surface area contributed by atoms with Crippen molar-refractivity contribution in [1.82, 2.24) is 16.0 Å². The first kappa shape index (κ1) is 21.3. The number of carbonyl (C=O) groups excluding carboxylic acids is 2. The minimum atomic E-state index is -0.844. The number of nitrogens with one attached hydrogen (secondary N) is 3. The SMILES string of the molecule is CNC(C)CNC(=O)CC(NC(C)=O)c1ccc(F)cc1F.Cl. The number of hydrogen-bond donors (Lipinski definition) is 3. The van der Waals surface area contributed by atoms with E-state index in [2.05, 4.69) is 16.0 Å². The van der Waals surface area contributed by atoms with Crippen LogP contribution in [0.15, 0.2) is 18.2 Å². The Morgan fingerprint density at radius 3 is 2.43 bits per heavy atom. The fraction of sp³-hybridized carbons (Fsp3) is 0.467. The van der Waals surface area contributed by atoms with E-state index in [0.717, 1.165) is 12.1 Å². The lowest BCUT2D eigenvalue weighted by Crippen LogP contribution is -2.39. The van der Waals surface area contributed by atoms with Crippen LogP contribution in [0, 0.1) is 11.6 Å². The fourth-order valence-corrected chi connectivity index (χ4v) is 1.89. The lowest BCUT2D eigenvalue weighted by Gasteiger charge is -2.19. The van der Waals surface area contributed by atoms with Crippen molar-refractivity contribution in [2.24, 2.45) is 0 Å². The second-order valence-electron chi connectivity index (χ2n) is 5.12. The Labute approximate surface area is 140 Å². The van der Waals surface area contributed by atoms with Gasteiger partial charge in [0.1, 0.15) is 11.6 Å². The van der Waals surface area contributed by atoms with Gasteiger partial charge in [0, 0.05) is 31.1 Å². The van der Waals surface area contributed by atoms with Crippen LogP contribution in [0.2, 0.25) is 0 Å². The molecule has 0 heterocycles. The van der Waals surface area contributed by atoms with Crippen molar-refractivity contribution in [3.05, 3.63) is 35.4 Å². The molecule has 3 N–H and O–H groups in total. The zero-order valence-corrected chi connectivity index (χ0v) is 14.1. The van der Waals surface area contributed by atoms with Crippen LogP contribution >= 0.6 is 12.4 Å². The summed E-state index contributed by atoms with van der Waals surface area (Å²) in [7, 11) is 1.77. The molecule has 0 spiro atoms. The van der Waals surface area contributed by atoms with Crippen LogP contribution in [0.5, 0.6) is 0 Å². The Kier molecular flexibility index (Phi) is 9.36. The van der Waals surface area contributed by atoms with Crippen molar-refractivity contribution in [3.63, 3.8) is 0 Å². The molecule has 2 amide bonds. The van der Waals surface area contributed by atoms with Crippen LogP contribution < -0.4 is 16.0 Å². The molecule has 1 rings (SSSR count). The average Bonchev–Trinajstić information content (AvgIpc) is 2.43. The summed E-state index contributed by atoms with van der Waals surface area (Å²) in [5.41, 5.74) is 0.0772. The van der Waals surface area contributed by atoms with E-state index in [9.17, 15) is 18.4 Å². The number of benzene rings is 1. The zero-order chi connectivity index (χ0) is 16.7. The summed E-state index contributed by atoms with van der Waals surface area (Å²) < 4.78 is 26.8. The molecule has 1 aromatic carbocycles. The molecule has 1 aromatic rings. The van der Waals surface area contributed by atoms with Gasteiger partial charge in [-0.2, -0.15) is 0 Å². The third kappa shape index (κ3) is 7.38. The first-order chi connectivity index (χ1) is 10.3. The second kappa shape index (κ2) is 10.1. The molecule has 0 bridgehead atoms. The average molecular weight is 350 g/mol. The second-order valence-corrected chi connectivity index (χ2v) is 5.12. The Bertz CT molecular complexity index is 543. The normalized spacial score (nSPS) is 12.7. The lowest BCUT2D eigenvalue weighted by molar-refractivity contribution is -0.122. The molecule has 0 fully saturated rings. The Morgan fingerprint density at radius 2 is 1.91 bits per heavy atom. The van der Waals surface area contributed by atoms with Crippen molar-refractivity contribution in [2.75, 3.05) is 13.6 Å². The van der Waals surface area contributed by atoms with Crippen LogP contribution in [0.4, 0.5) is 8.78 Å². The molecule has 0 aromatic heterocycles. The fourth-order valence-electron chi connectivity index (χ4n) is 1.89. The summed E-state index contributed by atoms with van der Waals surface area (Å²) in [6, 6.07) is 2.29. The predicted molar refractivity (Wildman–Crippen MR) is 86.3 cm³/mol. The molecule has 2 unspecified atom stereocenters. The molecule has 0 saturated heterocycles. The Morgan fingerprint density at radius 1 is 1.26 bits per heavy atom. The first-order valence-corrected chi connectivity index (χ1v) is 6.99. The summed E-state index contributed by atoms with van der Waals surface area (Å²) in [4.78, 5) is 23.2. The summed E-state index contributed by atoms with van der Waals surface area (Å²) in [6.07, 6.45) is -0.126. The minimum Gasteiger partial charge on any atom is -0.354 e. The van der Waals surface area contributed by atoms with E-state index in [1.807, 2.05) is 6.92 Å². The van der Waals surface area contributed by atoms with Gasteiger partial charge in [-0.3, -0.25) is 9.59 Å². The summed E-state index contributed by atoms with van der Waals surface area (Å²) in [6.45, 7) is 3.58. The molecule has 8 heteroatoms. The molecule has 130 valence electrons. The molecule has 0 aliphatic heterocycles. The molecule has 23 heavy (non-hydrogen) atoms. The standard InChI is InChI=1S/C15H21F2N3O2.ClH/c1-9(18-3)8-19-15(22)7-14(20-10(2)21)12-5-4-11(16)6-13(12)17;/h4-6,9,14,18H,7-8H2,1-3H3,(H,19,22)(H,20,21);1H. The smallest absolute Gasteiger partial charge is 0.222 e. The number of carbonyl (C=O) groups is 2. The van der Waals surface area contributed by atoms with E-state index in [4.69, 9.17) is 0 Å². The first-order valence-electron chi connectivity index (χ1n) is 6.99. The van der Waals surface area contributed by atoms with Crippen molar-refractivity contribution < 1.29 is 18.4 Å². The topological polar surface area (TPSA) is 70.2 Å². The largest absolute Gasteiger partial charge is 0.354 e. The van der Waals surface area contributed by atoms with Gasteiger partial charge in [-0.1, -0.05) is 6.07 Å². The van der Waals surface area contributed by atoms with E-state index in [-0.39, 0.29) is 36.3 Å². The lowest BCUT2D eigenvalue weighted by atomic mass is 10.0. The quantitative estimate of drug-likeness (QED) is 0.701. The van der Waals surface area contributed by atoms with E-state index >= 15 is 0 Å². The third-order valence-electron chi connectivity index (χ3n) is 3.20. The van der Waals surface area contributed by atoms with Crippen LogP contribution in [-0.4, -0.2) is 31.4 Å². The number of hydrogen-bond acceptors (Lipinski definition) is 3. The van der Waals surface area contributed by atoms with Crippen molar-refractivity contribution in [2.45, 2.75) is 32.4 Å². The predicted octanol–water partition coefficient (Wildman–Crippen LogP) is 1.68. The highest BCUT2D eigenvalue weighted by atomic mass is 35.5. The molecule has 0 aliphatic carbocycles. The highest BCUT2D eigenvalue weighted by Gasteiger charge is 2.20. The van der Waals surface area contributed by atoms with E-state index in [1.165, 1.54) is 13.0 Å². The third-order valence-corrected chi connectivity index (χ3v) is 3.20. The van der Waals surface area contributed by atoms with Gasteiger partial charge in [0.25, 0.3) is 0 Å². The maximum Gasteiger partial charge on any atom is 0.222 e. The molecule has 2 atom stereocenters. The van der Waals surface area contributed by atoms with Gasteiger partial charge in [0.2, 0.25) is 11.8 Å².